The van der Waals surface area contributed by atoms with Gasteiger partial charge in [-0.2, -0.15) is 0 Å². The van der Waals surface area contributed by atoms with Gasteiger partial charge in [-0.15, -0.1) is 0 Å². The number of aryl methyl sites for hydroxylation is 1. The summed E-state index contributed by atoms with van der Waals surface area (Å²) in [6.45, 7) is 1.93. The van der Waals surface area contributed by atoms with Crippen LogP contribution >= 0.6 is 0 Å². The van der Waals surface area contributed by atoms with Crippen LogP contribution in [0, 0.1) is 6.92 Å². The van der Waals surface area contributed by atoms with Gasteiger partial charge in [-0.1, -0.05) is 18.2 Å². The Bertz CT molecular complexity index is 662. The molecular formula is C18H19NO3. The van der Waals surface area contributed by atoms with Gasteiger partial charge in [0.2, 0.25) is 5.91 Å². The van der Waals surface area contributed by atoms with Crippen LogP contribution in [0.2, 0.25) is 0 Å². The molecule has 0 aromatic heterocycles. The van der Waals surface area contributed by atoms with Crippen molar-refractivity contribution in [1.82, 2.24) is 0 Å². The SMILES string of the molecule is COc1ccc(C(=O)CCC(=O)Nc2ccccc2C)cc1. The van der Waals surface area contributed by atoms with Gasteiger partial charge in [-0.3, -0.25) is 9.59 Å². The van der Waals surface area contributed by atoms with E-state index in [1.54, 1.807) is 31.4 Å². The number of anilines is 1. The molecule has 4 nitrogen and oxygen atoms in total. The number of hydrogen-bond acceptors (Lipinski definition) is 3. The second-order valence-electron chi connectivity index (χ2n) is 5.01. The Labute approximate surface area is 130 Å². The molecule has 0 atom stereocenters. The molecule has 1 amide bonds. The van der Waals surface area contributed by atoms with Gasteiger partial charge in [-0.25, -0.2) is 0 Å². The largest absolute Gasteiger partial charge is 0.497 e. The molecule has 0 radical (unpaired) electrons. The molecule has 0 aliphatic rings. The van der Waals surface area contributed by atoms with Gasteiger partial charge in [0.1, 0.15) is 5.75 Å². The highest BCUT2D eigenvalue weighted by Crippen LogP contribution is 2.15. The quantitative estimate of drug-likeness (QED) is 0.829. The number of amides is 1. The highest BCUT2D eigenvalue weighted by Gasteiger charge is 2.10. The van der Waals surface area contributed by atoms with Crippen molar-refractivity contribution in [2.24, 2.45) is 0 Å². The highest BCUT2D eigenvalue weighted by molar-refractivity contribution is 6.00. The molecule has 0 aliphatic carbocycles. The topological polar surface area (TPSA) is 55.4 Å². The first-order valence-corrected chi connectivity index (χ1v) is 7.13. The van der Waals surface area contributed by atoms with Crippen LogP contribution in [0.25, 0.3) is 0 Å². The Kier molecular flexibility index (Phi) is 5.31. The van der Waals surface area contributed by atoms with Gasteiger partial charge in [-0.05, 0) is 42.8 Å². The predicted octanol–water partition coefficient (Wildman–Crippen LogP) is 3.61. The number of carbonyl (C=O) groups is 2. The zero-order valence-electron chi connectivity index (χ0n) is 12.8. The highest BCUT2D eigenvalue weighted by atomic mass is 16.5. The maximum Gasteiger partial charge on any atom is 0.224 e. The number of ether oxygens (including phenoxy) is 1. The van der Waals surface area contributed by atoms with E-state index in [0.29, 0.717) is 11.3 Å². The normalized spacial score (nSPS) is 10.1. The van der Waals surface area contributed by atoms with E-state index in [9.17, 15) is 9.59 Å². The number of methoxy groups -OCH3 is 1. The molecule has 0 heterocycles. The van der Waals surface area contributed by atoms with Crippen molar-refractivity contribution >= 4 is 17.4 Å². The summed E-state index contributed by atoms with van der Waals surface area (Å²) in [5, 5.41) is 2.82. The summed E-state index contributed by atoms with van der Waals surface area (Å²) < 4.78 is 5.05. The van der Waals surface area contributed by atoms with E-state index in [0.717, 1.165) is 11.3 Å². The summed E-state index contributed by atoms with van der Waals surface area (Å²) in [7, 11) is 1.58. The standard InChI is InChI=1S/C18H19NO3/c1-13-5-3-4-6-16(13)19-18(21)12-11-17(20)14-7-9-15(22-2)10-8-14/h3-10H,11-12H2,1-2H3,(H,19,21). The minimum absolute atomic E-state index is 0.0532. The fourth-order valence-corrected chi connectivity index (χ4v) is 2.07. The molecule has 0 aliphatic heterocycles. The summed E-state index contributed by atoms with van der Waals surface area (Å²) in [6.07, 6.45) is 0.350. The lowest BCUT2D eigenvalue weighted by Gasteiger charge is -2.08. The lowest BCUT2D eigenvalue weighted by Crippen LogP contribution is -2.14. The third-order valence-electron chi connectivity index (χ3n) is 3.41. The first-order chi connectivity index (χ1) is 10.6. The fraction of sp³-hybridized carbons (Fsp3) is 0.222. The third kappa shape index (κ3) is 4.19. The molecule has 0 unspecified atom stereocenters. The van der Waals surface area contributed by atoms with Crippen molar-refractivity contribution < 1.29 is 14.3 Å². The van der Waals surface area contributed by atoms with Gasteiger partial charge in [0.25, 0.3) is 0 Å². The molecule has 0 saturated heterocycles. The van der Waals surface area contributed by atoms with Crippen LogP contribution in [0.4, 0.5) is 5.69 Å². The minimum atomic E-state index is -0.156. The summed E-state index contributed by atoms with van der Waals surface area (Å²) in [5.74, 6) is 0.493. The summed E-state index contributed by atoms with van der Waals surface area (Å²) >= 11 is 0. The lowest BCUT2D eigenvalue weighted by molar-refractivity contribution is -0.116. The second-order valence-corrected chi connectivity index (χ2v) is 5.01. The fourth-order valence-electron chi connectivity index (χ4n) is 2.07. The molecule has 0 fully saturated rings. The first-order valence-electron chi connectivity index (χ1n) is 7.13. The Balaban J connectivity index is 1.87. The zero-order valence-corrected chi connectivity index (χ0v) is 12.8. The number of nitrogens with one attached hydrogen (secondary N) is 1. The number of hydrogen-bond donors (Lipinski definition) is 1. The molecule has 0 bridgehead atoms. The number of para-hydroxylation sites is 1. The van der Waals surface area contributed by atoms with Crippen molar-refractivity contribution in [3.63, 3.8) is 0 Å². The molecule has 2 aromatic carbocycles. The van der Waals surface area contributed by atoms with Gasteiger partial charge >= 0.3 is 0 Å². The van der Waals surface area contributed by atoms with E-state index in [4.69, 9.17) is 4.74 Å². The molecule has 22 heavy (non-hydrogen) atoms. The van der Waals surface area contributed by atoms with Crippen LogP contribution in [0.15, 0.2) is 48.5 Å². The van der Waals surface area contributed by atoms with E-state index >= 15 is 0 Å². The Hall–Kier alpha value is -2.62. The number of benzene rings is 2. The minimum Gasteiger partial charge on any atom is -0.497 e. The van der Waals surface area contributed by atoms with E-state index < -0.39 is 0 Å². The Morgan fingerprint density at radius 1 is 1.00 bits per heavy atom. The molecule has 2 aromatic rings. The van der Waals surface area contributed by atoms with Crippen molar-refractivity contribution in [3.8, 4) is 5.75 Å². The zero-order chi connectivity index (χ0) is 15.9. The predicted molar refractivity (Wildman–Crippen MR) is 86.4 cm³/mol. The van der Waals surface area contributed by atoms with Crippen LogP contribution in [0.3, 0.4) is 0 Å². The second kappa shape index (κ2) is 7.41. The average Bonchev–Trinajstić information content (AvgIpc) is 2.55. The van der Waals surface area contributed by atoms with Crippen molar-refractivity contribution in [1.29, 1.82) is 0 Å². The van der Waals surface area contributed by atoms with Crippen molar-refractivity contribution in [3.05, 3.63) is 59.7 Å². The molecular weight excluding hydrogens is 278 g/mol. The molecule has 2 rings (SSSR count). The number of ketones is 1. The van der Waals surface area contributed by atoms with Gasteiger partial charge in [0, 0.05) is 24.1 Å². The maximum absolute atomic E-state index is 12.0. The van der Waals surface area contributed by atoms with Crippen LogP contribution < -0.4 is 10.1 Å². The van der Waals surface area contributed by atoms with Gasteiger partial charge in [0.15, 0.2) is 5.78 Å². The monoisotopic (exact) mass is 297 g/mol. The Morgan fingerprint density at radius 2 is 1.68 bits per heavy atom. The first kappa shape index (κ1) is 15.8. The van der Waals surface area contributed by atoms with E-state index in [2.05, 4.69) is 5.32 Å². The molecule has 1 N–H and O–H groups in total. The smallest absolute Gasteiger partial charge is 0.224 e. The third-order valence-corrected chi connectivity index (χ3v) is 3.41. The van der Waals surface area contributed by atoms with E-state index in [-0.39, 0.29) is 24.5 Å². The number of carbonyl (C=O) groups excluding carboxylic acids is 2. The molecule has 0 spiro atoms. The Morgan fingerprint density at radius 3 is 2.32 bits per heavy atom. The number of rotatable bonds is 6. The number of Topliss-reactive ketones (excluding diaryl/α,β-unsaturated/α-hetero) is 1. The van der Waals surface area contributed by atoms with Crippen molar-refractivity contribution in [2.75, 3.05) is 12.4 Å². The van der Waals surface area contributed by atoms with Gasteiger partial charge in [0.05, 0.1) is 7.11 Å². The van der Waals surface area contributed by atoms with Crippen LogP contribution in [0.5, 0.6) is 5.75 Å². The van der Waals surface area contributed by atoms with Gasteiger partial charge < -0.3 is 10.1 Å². The van der Waals surface area contributed by atoms with Crippen LogP contribution in [-0.4, -0.2) is 18.8 Å². The summed E-state index contributed by atoms with van der Waals surface area (Å²) in [5.41, 5.74) is 2.37. The molecule has 0 saturated carbocycles. The summed E-state index contributed by atoms with van der Waals surface area (Å²) in [4.78, 5) is 24.0. The van der Waals surface area contributed by atoms with Crippen molar-refractivity contribution in [2.45, 2.75) is 19.8 Å². The summed E-state index contributed by atoms with van der Waals surface area (Å²) in [6, 6.07) is 14.4. The van der Waals surface area contributed by atoms with Crippen LogP contribution in [-0.2, 0) is 4.79 Å². The lowest BCUT2D eigenvalue weighted by atomic mass is 10.1. The maximum atomic E-state index is 12.0. The average molecular weight is 297 g/mol. The van der Waals surface area contributed by atoms with E-state index in [1.165, 1.54) is 0 Å². The van der Waals surface area contributed by atoms with E-state index in [1.807, 2.05) is 31.2 Å². The van der Waals surface area contributed by atoms with Crippen LogP contribution in [0.1, 0.15) is 28.8 Å². The molecule has 114 valence electrons. The molecule has 4 heteroatoms.